The summed E-state index contributed by atoms with van der Waals surface area (Å²) in [5.74, 6) is -2.27. The first-order valence-corrected chi connectivity index (χ1v) is 8.43. The van der Waals surface area contributed by atoms with Crippen molar-refractivity contribution in [1.82, 2.24) is 0 Å². The van der Waals surface area contributed by atoms with E-state index in [0.29, 0.717) is 5.39 Å². The van der Waals surface area contributed by atoms with Gasteiger partial charge < -0.3 is 30.3 Å². The van der Waals surface area contributed by atoms with E-state index in [1.807, 2.05) is 42.5 Å². The lowest BCUT2D eigenvalue weighted by molar-refractivity contribution is -0.357. The maximum Gasteiger partial charge on any atom is 0.223 e. The quantitative estimate of drug-likeness (QED) is 0.431. The van der Waals surface area contributed by atoms with Gasteiger partial charge in [0.2, 0.25) is 5.79 Å². The second-order valence-electron chi connectivity index (χ2n) is 6.65. The molecule has 1 fully saturated rings. The highest BCUT2D eigenvalue weighted by molar-refractivity contribution is 6.08. The van der Waals surface area contributed by atoms with Crippen LogP contribution >= 0.6 is 0 Å². The zero-order chi connectivity index (χ0) is 18.5. The van der Waals surface area contributed by atoms with Gasteiger partial charge in [0.15, 0.2) is 0 Å². The molecule has 3 aromatic carbocycles. The highest BCUT2D eigenvalue weighted by atomic mass is 16.7. The number of aliphatic hydroxyl groups is 5. The van der Waals surface area contributed by atoms with E-state index in [4.69, 9.17) is 4.74 Å². The molecule has 4 rings (SSSR count). The molecule has 0 spiro atoms. The average molecular weight is 356 g/mol. The molecule has 136 valence electrons. The second kappa shape index (κ2) is 6.28. The Morgan fingerprint density at radius 1 is 0.808 bits per heavy atom. The van der Waals surface area contributed by atoms with Crippen LogP contribution in [0.3, 0.4) is 0 Å². The molecule has 0 aliphatic carbocycles. The van der Waals surface area contributed by atoms with Crippen molar-refractivity contribution in [2.45, 2.75) is 30.2 Å². The third-order valence-electron chi connectivity index (χ3n) is 5.14. The minimum absolute atomic E-state index is 0.262. The van der Waals surface area contributed by atoms with Gasteiger partial charge in [0.25, 0.3) is 0 Å². The Hall–Kier alpha value is -2.06. The molecule has 1 aliphatic heterocycles. The molecule has 5 atom stereocenters. The summed E-state index contributed by atoms with van der Waals surface area (Å²) in [5.41, 5.74) is 0.262. The standard InChI is InChI=1S/C20H20O6/c21-10-16-17(22)18(23)19(24)20(25,26-16)15-7-3-6-13-12-5-2-1-4-11(12)8-9-14(13)15/h1-9,16-19,21-25H,10H2/t16-,17-,18+,19-,20-/m1/s1. The van der Waals surface area contributed by atoms with Crippen LogP contribution in [0.4, 0.5) is 0 Å². The zero-order valence-corrected chi connectivity index (χ0v) is 13.9. The summed E-state index contributed by atoms with van der Waals surface area (Å²) in [4.78, 5) is 0. The minimum atomic E-state index is -2.27. The summed E-state index contributed by atoms with van der Waals surface area (Å²) in [7, 11) is 0. The van der Waals surface area contributed by atoms with E-state index in [9.17, 15) is 25.5 Å². The smallest absolute Gasteiger partial charge is 0.223 e. The van der Waals surface area contributed by atoms with Gasteiger partial charge in [0, 0.05) is 5.56 Å². The van der Waals surface area contributed by atoms with Crippen LogP contribution < -0.4 is 0 Å². The summed E-state index contributed by atoms with van der Waals surface area (Å²) < 4.78 is 5.47. The number of hydrogen-bond acceptors (Lipinski definition) is 6. The number of rotatable bonds is 2. The van der Waals surface area contributed by atoms with Crippen molar-refractivity contribution < 1.29 is 30.3 Å². The Morgan fingerprint density at radius 3 is 2.31 bits per heavy atom. The first-order valence-electron chi connectivity index (χ1n) is 8.43. The van der Waals surface area contributed by atoms with Crippen molar-refractivity contribution in [2.75, 3.05) is 6.61 Å². The van der Waals surface area contributed by atoms with Crippen LogP contribution in [-0.4, -0.2) is 56.6 Å². The first kappa shape index (κ1) is 17.4. The summed E-state index contributed by atoms with van der Waals surface area (Å²) in [6.07, 6.45) is -6.18. The van der Waals surface area contributed by atoms with Gasteiger partial charge in [-0.1, -0.05) is 54.6 Å². The molecule has 26 heavy (non-hydrogen) atoms. The highest BCUT2D eigenvalue weighted by Crippen LogP contribution is 2.40. The van der Waals surface area contributed by atoms with Crippen molar-refractivity contribution in [2.24, 2.45) is 0 Å². The molecule has 0 unspecified atom stereocenters. The van der Waals surface area contributed by atoms with Crippen LogP contribution in [0.25, 0.3) is 21.5 Å². The molecule has 6 heteroatoms. The lowest BCUT2D eigenvalue weighted by Crippen LogP contribution is -2.63. The molecular weight excluding hydrogens is 336 g/mol. The van der Waals surface area contributed by atoms with Gasteiger partial charge in [-0.2, -0.15) is 0 Å². The van der Waals surface area contributed by atoms with Gasteiger partial charge >= 0.3 is 0 Å². The number of hydrogen-bond donors (Lipinski definition) is 5. The molecule has 0 bridgehead atoms. The molecule has 3 aromatic rings. The molecule has 0 radical (unpaired) electrons. The van der Waals surface area contributed by atoms with Gasteiger partial charge in [-0.15, -0.1) is 0 Å². The van der Waals surface area contributed by atoms with Crippen LogP contribution in [-0.2, 0) is 10.5 Å². The Morgan fingerprint density at radius 2 is 1.54 bits per heavy atom. The predicted octanol–water partition coefficient (Wildman–Crippen LogP) is 0.612. The molecule has 1 saturated heterocycles. The maximum absolute atomic E-state index is 11.1. The Kier molecular flexibility index (Phi) is 4.19. The van der Waals surface area contributed by atoms with Crippen LogP contribution in [0.1, 0.15) is 5.56 Å². The van der Waals surface area contributed by atoms with Crippen molar-refractivity contribution in [1.29, 1.82) is 0 Å². The van der Waals surface area contributed by atoms with Gasteiger partial charge in [-0.25, -0.2) is 0 Å². The van der Waals surface area contributed by atoms with Crippen molar-refractivity contribution in [3.05, 3.63) is 60.2 Å². The fourth-order valence-electron chi connectivity index (χ4n) is 3.73. The molecule has 1 aliphatic rings. The van der Waals surface area contributed by atoms with Crippen LogP contribution in [0.5, 0.6) is 0 Å². The third kappa shape index (κ3) is 2.43. The fraction of sp³-hybridized carbons (Fsp3) is 0.300. The zero-order valence-electron chi connectivity index (χ0n) is 13.9. The third-order valence-corrected chi connectivity index (χ3v) is 5.14. The van der Waals surface area contributed by atoms with E-state index >= 15 is 0 Å². The van der Waals surface area contributed by atoms with Gasteiger partial charge in [0.05, 0.1) is 6.61 Å². The van der Waals surface area contributed by atoms with E-state index in [2.05, 4.69) is 0 Å². The van der Waals surface area contributed by atoms with Crippen LogP contribution in [0.2, 0.25) is 0 Å². The molecule has 0 saturated carbocycles. The molecule has 6 nitrogen and oxygen atoms in total. The summed E-state index contributed by atoms with van der Waals surface area (Å²) >= 11 is 0. The number of aliphatic hydroxyl groups excluding tert-OH is 4. The maximum atomic E-state index is 11.1. The molecular formula is C20H20O6. The van der Waals surface area contributed by atoms with Crippen molar-refractivity contribution in [3.63, 3.8) is 0 Å². The highest BCUT2D eigenvalue weighted by Gasteiger charge is 2.54. The largest absolute Gasteiger partial charge is 0.394 e. The topological polar surface area (TPSA) is 110 Å². The molecule has 5 N–H and O–H groups in total. The fourth-order valence-corrected chi connectivity index (χ4v) is 3.73. The predicted molar refractivity (Wildman–Crippen MR) is 95.3 cm³/mol. The summed E-state index contributed by atoms with van der Waals surface area (Å²) in [5, 5.41) is 54.5. The number of fused-ring (bicyclic) bond motifs is 3. The van der Waals surface area contributed by atoms with Crippen LogP contribution in [0.15, 0.2) is 54.6 Å². The van der Waals surface area contributed by atoms with Crippen molar-refractivity contribution >= 4 is 21.5 Å². The van der Waals surface area contributed by atoms with Crippen LogP contribution in [0, 0.1) is 0 Å². The Bertz CT molecular complexity index is 955. The second-order valence-corrected chi connectivity index (χ2v) is 6.65. The van der Waals surface area contributed by atoms with E-state index in [1.54, 1.807) is 12.1 Å². The summed E-state index contributed by atoms with van der Waals surface area (Å²) in [6.45, 7) is -0.610. The van der Waals surface area contributed by atoms with Gasteiger partial charge in [0.1, 0.15) is 24.4 Å². The van der Waals surface area contributed by atoms with E-state index in [0.717, 1.165) is 16.2 Å². The number of benzene rings is 3. The molecule has 0 aromatic heterocycles. The van der Waals surface area contributed by atoms with Gasteiger partial charge in [-0.05, 0) is 21.5 Å². The monoisotopic (exact) mass is 356 g/mol. The Balaban J connectivity index is 1.94. The van der Waals surface area contributed by atoms with Gasteiger partial charge in [-0.3, -0.25) is 0 Å². The minimum Gasteiger partial charge on any atom is -0.394 e. The van der Waals surface area contributed by atoms with E-state index < -0.39 is 36.8 Å². The van der Waals surface area contributed by atoms with Crippen molar-refractivity contribution in [3.8, 4) is 0 Å². The summed E-state index contributed by atoms with van der Waals surface area (Å²) in [6, 6.07) is 16.7. The Labute approximate surface area is 149 Å². The normalized spacial score (nSPS) is 32.2. The lowest BCUT2D eigenvalue weighted by Gasteiger charge is -2.45. The SMILES string of the molecule is OC[C@H]1O[C@](O)(c2cccc3c2ccc2ccccc23)[C@H](O)[C@@H](O)[C@@H]1O. The average Bonchev–Trinajstić information content (AvgIpc) is 2.68. The first-order chi connectivity index (χ1) is 12.5. The number of ether oxygens (including phenoxy) is 1. The van der Waals surface area contributed by atoms with E-state index in [-0.39, 0.29) is 5.56 Å². The molecule has 1 heterocycles. The lowest BCUT2D eigenvalue weighted by atomic mass is 9.85. The molecule has 0 amide bonds. The van der Waals surface area contributed by atoms with E-state index in [1.165, 1.54) is 0 Å².